The number of fused-ring (bicyclic) bond motifs is 1. The van der Waals surface area contributed by atoms with Crippen LogP contribution in [-0.2, 0) is 9.59 Å². The van der Waals surface area contributed by atoms with Gasteiger partial charge in [0.2, 0.25) is 0 Å². The van der Waals surface area contributed by atoms with Crippen LogP contribution in [0.1, 0.15) is 23.2 Å². The zero-order valence-corrected chi connectivity index (χ0v) is 12.0. The van der Waals surface area contributed by atoms with E-state index in [1.807, 2.05) is 12.2 Å². The topological polar surface area (TPSA) is 110 Å². The van der Waals surface area contributed by atoms with Crippen LogP contribution in [0.2, 0.25) is 0 Å². The molecule has 8 nitrogen and oxygen atoms in total. The highest BCUT2D eigenvalue weighted by molar-refractivity contribution is 6.08. The van der Waals surface area contributed by atoms with Gasteiger partial charge < -0.3 is 0 Å². The maximum atomic E-state index is 12.2. The van der Waals surface area contributed by atoms with Gasteiger partial charge in [-0.15, -0.1) is 0 Å². The summed E-state index contributed by atoms with van der Waals surface area (Å²) < 4.78 is 0. The first-order chi connectivity index (χ1) is 11.0. The molecule has 1 fully saturated rings. The van der Waals surface area contributed by atoms with Crippen molar-refractivity contribution in [2.45, 2.75) is 12.8 Å². The van der Waals surface area contributed by atoms with Crippen molar-refractivity contribution in [3.05, 3.63) is 52.1 Å². The van der Waals surface area contributed by atoms with Crippen LogP contribution in [0, 0.1) is 22.0 Å². The largest absolute Gasteiger partial charge is 0.272 e. The van der Waals surface area contributed by atoms with Crippen molar-refractivity contribution in [3.8, 4) is 0 Å². The molecule has 2 aliphatic rings. The third-order valence-electron chi connectivity index (χ3n) is 4.06. The van der Waals surface area contributed by atoms with E-state index in [2.05, 4.69) is 5.43 Å². The number of non-ortho nitro benzene ring substituents is 1. The molecule has 1 aliphatic heterocycles. The maximum absolute atomic E-state index is 12.2. The van der Waals surface area contributed by atoms with Gasteiger partial charge in [-0.2, -0.15) is 5.01 Å². The molecular formula is C15H13N3O5. The molecular weight excluding hydrogens is 302 g/mol. The highest BCUT2D eigenvalue weighted by atomic mass is 16.6. The Morgan fingerprint density at radius 1 is 1.09 bits per heavy atom. The minimum atomic E-state index is -0.659. The molecule has 8 heteroatoms. The number of benzene rings is 1. The summed E-state index contributed by atoms with van der Waals surface area (Å²) in [5.74, 6) is -2.35. The molecule has 0 bridgehead atoms. The second-order valence-electron chi connectivity index (χ2n) is 5.41. The number of hydrogen-bond acceptors (Lipinski definition) is 5. The lowest BCUT2D eigenvalue weighted by molar-refractivity contribution is -0.384. The minimum Gasteiger partial charge on any atom is -0.272 e. The number of amides is 3. The van der Waals surface area contributed by atoms with Crippen molar-refractivity contribution in [2.75, 3.05) is 0 Å². The fourth-order valence-electron chi connectivity index (χ4n) is 2.81. The molecule has 3 amide bonds. The molecule has 1 aromatic rings. The molecule has 118 valence electrons. The lowest BCUT2D eigenvalue weighted by Gasteiger charge is -2.15. The molecule has 1 aliphatic carbocycles. The second kappa shape index (κ2) is 5.64. The summed E-state index contributed by atoms with van der Waals surface area (Å²) in [6.45, 7) is 0. The van der Waals surface area contributed by atoms with Crippen molar-refractivity contribution in [1.29, 1.82) is 0 Å². The van der Waals surface area contributed by atoms with Gasteiger partial charge in [0, 0.05) is 17.7 Å². The molecule has 0 spiro atoms. The molecule has 0 aromatic heterocycles. The molecule has 2 atom stereocenters. The Morgan fingerprint density at radius 3 is 2.09 bits per heavy atom. The zero-order chi connectivity index (χ0) is 16.6. The highest BCUT2D eigenvalue weighted by Crippen LogP contribution is 2.34. The number of carbonyl (C=O) groups excluding carboxylic acids is 3. The van der Waals surface area contributed by atoms with E-state index in [0.29, 0.717) is 12.8 Å². The number of rotatable bonds is 3. The first kappa shape index (κ1) is 14.9. The van der Waals surface area contributed by atoms with Crippen LogP contribution in [0.5, 0.6) is 0 Å². The van der Waals surface area contributed by atoms with Crippen LogP contribution >= 0.6 is 0 Å². The van der Waals surface area contributed by atoms with Gasteiger partial charge in [-0.1, -0.05) is 12.2 Å². The predicted octanol–water partition coefficient (Wildman–Crippen LogP) is 1.19. The van der Waals surface area contributed by atoms with Crippen LogP contribution < -0.4 is 5.43 Å². The third-order valence-corrected chi connectivity index (χ3v) is 4.06. The standard InChI is InChI=1S/C15H13N3O5/c19-13(9-5-7-10(8-6-9)18(22)23)16-17-14(20)11-3-1-2-4-12(11)15(17)21/h1-2,5-8,11-12H,3-4H2,(H,16,19)/t11-,12-/m0/s1. The molecule has 0 radical (unpaired) electrons. The number of nitrogens with zero attached hydrogens (tertiary/aromatic N) is 2. The first-order valence-corrected chi connectivity index (χ1v) is 7.07. The monoisotopic (exact) mass is 315 g/mol. The van der Waals surface area contributed by atoms with E-state index in [4.69, 9.17) is 0 Å². The van der Waals surface area contributed by atoms with Crippen molar-refractivity contribution in [1.82, 2.24) is 10.4 Å². The van der Waals surface area contributed by atoms with E-state index in [1.165, 1.54) is 24.3 Å². The van der Waals surface area contributed by atoms with Gasteiger partial charge >= 0.3 is 0 Å². The van der Waals surface area contributed by atoms with E-state index in [9.17, 15) is 24.5 Å². The number of imide groups is 1. The van der Waals surface area contributed by atoms with Crippen molar-refractivity contribution in [3.63, 3.8) is 0 Å². The molecule has 1 heterocycles. The van der Waals surface area contributed by atoms with E-state index in [0.717, 1.165) is 5.01 Å². The SMILES string of the molecule is O=C(NN1C(=O)[C@H]2CC=CC[C@@H]2C1=O)c1ccc([N+](=O)[O-])cc1. The Balaban J connectivity index is 1.74. The van der Waals surface area contributed by atoms with E-state index < -0.39 is 34.5 Å². The number of nitro benzene ring substituents is 1. The Hall–Kier alpha value is -3.03. The van der Waals surface area contributed by atoms with Gasteiger partial charge in [0.15, 0.2) is 0 Å². The summed E-state index contributed by atoms with van der Waals surface area (Å²) in [5, 5.41) is 11.4. The third kappa shape index (κ3) is 2.59. The Labute approximate surface area is 130 Å². The van der Waals surface area contributed by atoms with Gasteiger partial charge in [-0.25, -0.2) is 0 Å². The second-order valence-corrected chi connectivity index (χ2v) is 5.41. The van der Waals surface area contributed by atoms with Gasteiger partial charge in [-0.05, 0) is 25.0 Å². The minimum absolute atomic E-state index is 0.129. The van der Waals surface area contributed by atoms with Crippen molar-refractivity contribution >= 4 is 23.4 Å². The number of nitrogens with one attached hydrogen (secondary N) is 1. The summed E-state index contributed by atoms with van der Waals surface area (Å²) in [6.07, 6.45) is 4.68. The number of hydrazine groups is 1. The average Bonchev–Trinajstić information content (AvgIpc) is 2.80. The molecule has 0 unspecified atom stereocenters. The van der Waals surface area contributed by atoms with E-state index in [1.54, 1.807) is 0 Å². The van der Waals surface area contributed by atoms with Crippen LogP contribution in [0.3, 0.4) is 0 Å². The normalized spacial score (nSPS) is 22.9. The maximum Gasteiger partial charge on any atom is 0.270 e. The number of allylic oxidation sites excluding steroid dienone is 2. The lowest BCUT2D eigenvalue weighted by Crippen LogP contribution is -2.46. The van der Waals surface area contributed by atoms with Crippen molar-refractivity contribution < 1.29 is 19.3 Å². The average molecular weight is 315 g/mol. The van der Waals surface area contributed by atoms with Crippen LogP contribution in [0.4, 0.5) is 5.69 Å². The summed E-state index contributed by atoms with van der Waals surface area (Å²) in [6, 6.07) is 4.92. The summed E-state index contributed by atoms with van der Waals surface area (Å²) in [7, 11) is 0. The Morgan fingerprint density at radius 2 is 1.61 bits per heavy atom. The smallest absolute Gasteiger partial charge is 0.270 e. The molecule has 1 aromatic carbocycles. The lowest BCUT2D eigenvalue weighted by atomic mass is 9.85. The quantitative estimate of drug-likeness (QED) is 0.390. The predicted molar refractivity (Wildman–Crippen MR) is 77.8 cm³/mol. The van der Waals surface area contributed by atoms with Gasteiger partial charge in [0.1, 0.15) is 0 Å². The fraction of sp³-hybridized carbons (Fsp3) is 0.267. The number of carbonyl (C=O) groups is 3. The van der Waals surface area contributed by atoms with Gasteiger partial charge in [0.25, 0.3) is 23.4 Å². The van der Waals surface area contributed by atoms with Gasteiger partial charge in [0.05, 0.1) is 16.8 Å². The van der Waals surface area contributed by atoms with Crippen LogP contribution in [-0.4, -0.2) is 27.7 Å². The Bertz CT molecular complexity index is 699. The zero-order valence-electron chi connectivity index (χ0n) is 12.0. The molecule has 0 saturated carbocycles. The summed E-state index contributed by atoms with van der Waals surface area (Å²) >= 11 is 0. The molecule has 1 saturated heterocycles. The van der Waals surface area contributed by atoms with E-state index in [-0.39, 0.29) is 11.3 Å². The first-order valence-electron chi connectivity index (χ1n) is 7.07. The molecule has 23 heavy (non-hydrogen) atoms. The summed E-state index contributed by atoms with van der Waals surface area (Å²) in [4.78, 5) is 46.6. The van der Waals surface area contributed by atoms with Crippen LogP contribution in [0.15, 0.2) is 36.4 Å². The highest BCUT2D eigenvalue weighted by Gasteiger charge is 2.48. The van der Waals surface area contributed by atoms with Gasteiger partial charge in [-0.3, -0.25) is 29.9 Å². The molecule has 3 rings (SSSR count). The Kier molecular flexibility index (Phi) is 3.65. The van der Waals surface area contributed by atoms with Crippen LogP contribution in [0.25, 0.3) is 0 Å². The van der Waals surface area contributed by atoms with E-state index >= 15 is 0 Å². The number of nitro groups is 1. The fourth-order valence-corrected chi connectivity index (χ4v) is 2.81. The summed E-state index contributed by atoms with van der Waals surface area (Å²) in [5.41, 5.74) is 2.28. The molecule has 1 N–H and O–H groups in total. The van der Waals surface area contributed by atoms with Crippen molar-refractivity contribution in [2.24, 2.45) is 11.8 Å². The number of hydrogen-bond donors (Lipinski definition) is 1.